The standard InChI is InChI=1S/C30H30P2.C27H26P2.C18H20.C17H16O4.CH7P3/c1-5-15-26(16-6-1)31(27-17-7-2-8-18-27)24-25-14-13-23-30(25)32(28-19-9-3-10-20-28)29-21-11-4-12-22-29;1-23(29(26-18-10-4-11-19-26)27-20-12-5-13-21-27)22-28(24-14-6-2-7-15-24)25-16-8-3-9-17-25;1-13-11-15-3-7-17(13)9-5-16-4-8-18(10-6-15)14(2)12-16;1-9-4-5-12(16-14(9)18-7-20-16)13-10(2)6-11(3)15-17(13)21-8-19-15;1-4(2)3/h1-12,15-22,25,30H,13-14,23-24H2;2-21,23H,22H2,1H3;3-4,7-8,11-12H,5-6,9-10H2,1-2H3;4-6H,7-8H2,1-3H3;2-3H2,1H3/t25-,30-;23-;;;/m00.../s1. The van der Waals surface area contributed by atoms with Crippen molar-refractivity contribution in [2.75, 3.05) is 32.6 Å². The molecule has 2 unspecified atom stereocenters. The summed E-state index contributed by atoms with van der Waals surface area (Å²) in [6.45, 7) is 15.8. The minimum atomic E-state index is -0.409. The number of ether oxygens (including phenoxy) is 4. The van der Waals surface area contributed by atoms with E-state index in [1.165, 1.54) is 107 Å². The van der Waals surface area contributed by atoms with Crippen LogP contribution in [-0.2, 0) is 25.7 Å². The van der Waals surface area contributed by atoms with Gasteiger partial charge in [-0.15, -0.1) is 17.9 Å². The topological polar surface area (TPSA) is 36.9 Å². The third-order valence-corrected chi connectivity index (χ3v) is 31.4. The molecule has 12 aromatic rings. The predicted molar refractivity (Wildman–Crippen MR) is 464 cm³/mol. The largest absolute Gasteiger partial charge is 0.453 e. The average molecular weight is 1500 g/mol. The Hall–Kier alpha value is -7.15. The molecule has 19 rings (SSSR count). The lowest BCUT2D eigenvalue weighted by Crippen LogP contribution is -2.28. The van der Waals surface area contributed by atoms with Crippen molar-refractivity contribution in [3.8, 4) is 34.1 Å². The van der Waals surface area contributed by atoms with Gasteiger partial charge in [0, 0.05) is 11.1 Å². The Labute approximate surface area is 631 Å². The molecule has 0 aromatic heterocycles. The highest BCUT2D eigenvalue weighted by Gasteiger charge is 2.37. The molecule has 0 spiro atoms. The number of hydrogen-bond acceptors (Lipinski definition) is 4. The maximum Gasteiger partial charge on any atom is 0.231 e. The van der Waals surface area contributed by atoms with Gasteiger partial charge in [-0.3, -0.25) is 0 Å². The number of rotatable bonds is 15. The summed E-state index contributed by atoms with van der Waals surface area (Å²) in [4.78, 5) is 0. The maximum atomic E-state index is 5.72. The fourth-order valence-corrected chi connectivity index (χ4v) is 26.6. The fourth-order valence-electron chi connectivity index (χ4n) is 14.9. The van der Waals surface area contributed by atoms with Crippen LogP contribution in [0.2, 0.25) is 0 Å². The van der Waals surface area contributed by atoms with E-state index in [-0.39, 0.29) is 44.6 Å². The van der Waals surface area contributed by atoms with Crippen LogP contribution in [0.3, 0.4) is 0 Å². The normalized spacial score (nSPS) is 14.8. The quantitative estimate of drug-likeness (QED) is 0.0959. The van der Waals surface area contributed by atoms with Gasteiger partial charge in [-0.25, -0.2) is 0 Å². The van der Waals surface area contributed by atoms with Crippen LogP contribution in [-0.4, -0.2) is 43.9 Å². The van der Waals surface area contributed by atoms with Crippen molar-refractivity contribution in [3.63, 3.8) is 0 Å². The summed E-state index contributed by atoms with van der Waals surface area (Å²) in [5.41, 5.74) is 15.5. The third kappa shape index (κ3) is 20.1. The van der Waals surface area contributed by atoms with Gasteiger partial charge in [0.15, 0.2) is 23.0 Å². The monoisotopic (exact) mass is 1500 g/mol. The van der Waals surface area contributed by atoms with E-state index in [0.29, 0.717) is 5.66 Å². The highest BCUT2D eigenvalue weighted by atomic mass is 32.4. The van der Waals surface area contributed by atoms with Gasteiger partial charge >= 0.3 is 0 Å². The van der Waals surface area contributed by atoms with E-state index in [9.17, 15) is 0 Å². The highest BCUT2D eigenvalue weighted by molar-refractivity contribution is 8.43. The molecule has 0 N–H and O–H groups in total. The second-order valence-electron chi connectivity index (χ2n) is 27.4. The smallest absolute Gasteiger partial charge is 0.231 e. The zero-order chi connectivity index (χ0) is 72.2. The molecule has 7 aliphatic rings. The van der Waals surface area contributed by atoms with Gasteiger partial charge in [0.25, 0.3) is 0 Å². The van der Waals surface area contributed by atoms with Crippen molar-refractivity contribution in [3.05, 3.63) is 347 Å². The Morgan fingerprint density at radius 3 is 1.16 bits per heavy atom. The molecule has 0 saturated heterocycles. The van der Waals surface area contributed by atoms with Gasteiger partial charge in [0.05, 0.1) is 0 Å². The molecule has 2 heterocycles. The van der Waals surface area contributed by atoms with E-state index < -0.39 is 7.92 Å². The molecule has 2 aliphatic heterocycles. The Bertz CT molecular complexity index is 4420. The van der Waals surface area contributed by atoms with Gasteiger partial charge < -0.3 is 18.9 Å². The lowest BCUT2D eigenvalue weighted by atomic mass is 9.92. The molecule has 104 heavy (non-hydrogen) atoms. The minimum Gasteiger partial charge on any atom is -0.453 e. The average Bonchev–Trinajstić information content (AvgIpc) is 1.46. The molecule has 5 atom stereocenters. The second-order valence-corrected chi connectivity index (χ2v) is 45.0. The first-order valence-corrected chi connectivity index (χ1v) is 47.5. The van der Waals surface area contributed by atoms with Crippen molar-refractivity contribution in [1.82, 2.24) is 0 Å². The molecule has 4 bridgehead atoms. The van der Waals surface area contributed by atoms with E-state index >= 15 is 0 Å². The lowest BCUT2D eigenvalue weighted by Gasteiger charge is -2.32. The molecular weight excluding hydrogens is 1400 g/mol. The van der Waals surface area contributed by atoms with Crippen LogP contribution in [0.1, 0.15) is 76.3 Å². The summed E-state index contributed by atoms with van der Waals surface area (Å²) in [6, 6.07) is 110. The van der Waals surface area contributed by atoms with E-state index in [4.69, 9.17) is 18.9 Å². The summed E-state index contributed by atoms with van der Waals surface area (Å²) < 4.78 is 22.6. The summed E-state index contributed by atoms with van der Waals surface area (Å²) >= 11 is 0. The summed E-state index contributed by atoms with van der Waals surface area (Å²) in [7, 11) is 4.10. The first-order valence-electron chi connectivity index (χ1n) is 36.6. The minimum absolute atomic E-state index is 0.213. The van der Waals surface area contributed by atoms with Crippen LogP contribution in [0.25, 0.3) is 11.1 Å². The highest BCUT2D eigenvalue weighted by Crippen LogP contribution is 2.55. The van der Waals surface area contributed by atoms with Crippen molar-refractivity contribution < 1.29 is 18.9 Å². The van der Waals surface area contributed by atoms with Crippen molar-refractivity contribution >= 4 is 99.3 Å². The summed E-state index contributed by atoms with van der Waals surface area (Å²) in [6.07, 6.45) is 11.2. The Kier molecular flexibility index (Phi) is 28.2. The zero-order valence-electron chi connectivity index (χ0n) is 61.3. The van der Waals surface area contributed by atoms with Crippen LogP contribution < -0.4 is 61.4 Å². The third-order valence-electron chi connectivity index (χ3n) is 19.9. The van der Waals surface area contributed by atoms with Gasteiger partial charge in [-0.2, -0.15) is 0 Å². The van der Waals surface area contributed by atoms with E-state index in [2.05, 4.69) is 343 Å². The van der Waals surface area contributed by atoms with Gasteiger partial charge in [0.1, 0.15) is 0 Å². The van der Waals surface area contributed by atoms with E-state index in [0.717, 1.165) is 88.1 Å². The molecule has 4 nitrogen and oxygen atoms in total. The number of benzene rings is 12. The van der Waals surface area contributed by atoms with Crippen molar-refractivity contribution in [2.45, 2.75) is 97.8 Å². The molecular formula is C93H99O4P7. The number of aryl methyl sites for hydroxylation is 9. The Balaban J connectivity index is 0.000000131. The Morgan fingerprint density at radius 1 is 0.365 bits per heavy atom. The first kappa shape index (κ1) is 76.5. The second kappa shape index (κ2) is 38.4. The molecule has 0 radical (unpaired) electrons. The fraction of sp³-hybridized carbons (Fsp3) is 0.226. The Morgan fingerprint density at radius 2 is 0.740 bits per heavy atom. The first-order chi connectivity index (χ1) is 50.8. The summed E-state index contributed by atoms with van der Waals surface area (Å²) in [5.74, 6) is 4.01. The van der Waals surface area contributed by atoms with Crippen LogP contribution in [0.4, 0.5) is 0 Å². The molecule has 1 fully saturated rings. The lowest BCUT2D eigenvalue weighted by molar-refractivity contribution is 0.172. The molecule has 530 valence electrons. The van der Waals surface area contributed by atoms with Crippen LogP contribution in [0.5, 0.6) is 23.0 Å². The van der Waals surface area contributed by atoms with E-state index in [1.807, 2.05) is 19.9 Å². The van der Waals surface area contributed by atoms with Crippen LogP contribution >= 0.6 is 56.8 Å². The van der Waals surface area contributed by atoms with Crippen LogP contribution in [0, 0.1) is 40.5 Å². The molecule has 0 amide bonds. The van der Waals surface area contributed by atoms with Gasteiger partial charge in [0.2, 0.25) is 13.6 Å². The van der Waals surface area contributed by atoms with Crippen molar-refractivity contribution in [1.29, 1.82) is 0 Å². The molecule has 1 saturated carbocycles. The van der Waals surface area contributed by atoms with Gasteiger partial charge in [-0.1, -0.05) is 312 Å². The maximum absolute atomic E-state index is 5.72. The molecule has 12 aromatic carbocycles. The zero-order valence-corrected chi connectivity index (χ0v) is 68.1. The SMILES string of the molecule is CP(P)P.C[C@@H](CP(c1ccccc1)c1ccccc1)P(c1ccccc1)c1ccccc1.Cc1cc2ccc1CCc1ccc(c(C)c1)CC2.Cc1ccc(-c2c(C)cc(C)c3c2OCO3)c2c1OCO2.c1ccc(P(C[C@@H]2CCC[C@@H]2P(c2ccccc2)c2ccccc2)c2ccccc2)cc1. The van der Waals surface area contributed by atoms with Crippen molar-refractivity contribution in [2.24, 2.45) is 5.92 Å². The van der Waals surface area contributed by atoms with Crippen LogP contribution in [0.15, 0.2) is 297 Å². The molecule has 5 aliphatic carbocycles. The van der Waals surface area contributed by atoms with Gasteiger partial charge in [-0.05, 0) is 240 Å². The number of fused-ring (bicyclic) bond motifs is 2. The molecule has 11 heteroatoms. The predicted octanol–water partition coefficient (Wildman–Crippen LogP) is 21.7. The van der Waals surface area contributed by atoms with E-state index in [1.54, 1.807) is 0 Å². The number of hydrogen-bond donors (Lipinski definition) is 0. The summed E-state index contributed by atoms with van der Waals surface area (Å²) in [5, 5.41) is 12.0.